The maximum absolute atomic E-state index is 13.6. The highest BCUT2D eigenvalue weighted by Gasteiger charge is 2.39. The maximum atomic E-state index is 13.6. The largest absolute Gasteiger partial charge is 0.489 e. The third-order valence-electron chi connectivity index (χ3n) is 5.99. The van der Waals surface area contributed by atoms with Gasteiger partial charge in [0.1, 0.15) is 12.4 Å². The number of ether oxygens (including phenoxy) is 1. The summed E-state index contributed by atoms with van der Waals surface area (Å²) in [5.41, 5.74) is 3.73. The summed E-state index contributed by atoms with van der Waals surface area (Å²) in [6.07, 6.45) is 0. The molecule has 1 amide bonds. The predicted molar refractivity (Wildman–Crippen MR) is 142 cm³/mol. The van der Waals surface area contributed by atoms with Crippen molar-refractivity contribution >= 4 is 32.9 Å². The molecule has 0 saturated carbocycles. The molecule has 0 saturated heterocycles. The van der Waals surface area contributed by atoms with E-state index in [0.29, 0.717) is 40.4 Å². The molecule has 1 aliphatic heterocycles. The number of amides is 1. The van der Waals surface area contributed by atoms with Crippen LogP contribution >= 0.6 is 0 Å². The van der Waals surface area contributed by atoms with Gasteiger partial charge in [-0.3, -0.25) is 9.10 Å². The Balaban J connectivity index is 1.47. The number of hydrogen-bond donors (Lipinski definition) is 1. The first-order valence-electron chi connectivity index (χ1n) is 11.4. The van der Waals surface area contributed by atoms with Crippen molar-refractivity contribution in [1.29, 1.82) is 0 Å². The molecule has 7 heteroatoms. The van der Waals surface area contributed by atoms with E-state index < -0.39 is 15.9 Å². The summed E-state index contributed by atoms with van der Waals surface area (Å²) in [6.45, 7) is 0.420. The van der Waals surface area contributed by atoms with E-state index in [1.165, 1.54) is 7.05 Å². The Hall–Kier alpha value is -4.36. The van der Waals surface area contributed by atoms with Crippen LogP contribution in [0.2, 0.25) is 0 Å². The molecule has 1 heterocycles. The van der Waals surface area contributed by atoms with Gasteiger partial charge >= 0.3 is 0 Å². The van der Waals surface area contributed by atoms with Gasteiger partial charge in [-0.1, -0.05) is 78.9 Å². The summed E-state index contributed by atoms with van der Waals surface area (Å²) in [5, 5.41) is 2.76. The smallest absolute Gasteiger partial charge is 0.270 e. The molecule has 36 heavy (non-hydrogen) atoms. The zero-order valence-electron chi connectivity index (χ0n) is 19.6. The first-order chi connectivity index (χ1) is 17.4. The molecule has 0 fully saturated rings. The number of carbonyl (C=O) groups excluding carboxylic acids is 1. The van der Waals surface area contributed by atoms with E-state index in [4.69, 9.17) is 4.74 Å². The second-order valence-electron chi connectivity index (χ2n) is 8.31. The lowest BCUT2D eigenvalue weighted by Gasteiger charge is -2.30. The maximum Gasteiger partial charge on any atom is 0.270 e. The monoisotopic (exact) mass is 496 g/mol. The quantitative estimate of drug-likeness (QED) is 0.386. The lowest BCUT2D eigenvalue weighted by molar-refractivity contribution is -0.112. The lowest BCUT2D eigenvalue weighted by atomic mass is 9.95. The van der Waals surface area contributed by atoms with E-state index in [-0.39, 0.29) is 4.91 Å². The van der Waals surface area contributed by atoms with Crippen LogP contribution in [0.5, 0.6) is 5.75 Å². The number of benzene rings is 4. The Morgan fingerprint density at radius 3 is 2.11 bits per heavy atom. The zero-order valence-corrected chi connectivity index (χ0v) is 20.4. The molecule has 180 valence electrons. The third-order valence-corrected chi connectivity index (χ3v) is 7.81. The van der Waals surface area contributed by atoms with Gasteiger partial charge in [0.05, 0.1) is 5.69 Å². The highest BCUT2D eigenvalue weighted by atomic mass is 32.2. The summed E-state index contributed by atoms with van der Waals surface area (Å²) in [5.74, 6) is -0.0619. The van der Waals surface area contributed by atoms with Crippen molar-refractivity contribution < 1.29 is 17.9 Å². The van der Waals surface area contributed by atoms with Crippen molar-refractivity contribution in [2.45, 2.75) is 6.61 Å². The van der Waals surface area contributed by atoms with Gasteiger partial charge < -0.3 is 10.1 Å². The van der Waals surface area contributed by atoms with E-state index in [0.717, 1.165) is 9.87 Å². The van der Waals surface area contributed by atoms with Gasteiger partial charge in [-0.2, -0.15) is 0 Å². The van der Waals surface area contributed by atoms with E-state index in [2.05, 4.69) is 5.32 Å². The summed E-state index contributed by atoms with van der Waals surface area (Å²) < 4.78 is 34.1. The standard InChI is InChI=1S/C29H24N2O4S/c1-31-26-15-9-8-14-25(26)27(22-12-6-3-7-13-22)28(36(31,33)34)29(32)30-23-16-18-24(19-17-23)35-20-21-10-4-2-5-11-21/h2-19H,20H2,1H3,(H,30,32). The minimum absolute atomic E-state index is 0.292. The second-order valence-corrected chi connectivity index (χ2v) is 10.2. The van der Waals surface area contributed by atoms with Gasteiger partial charge in [-0.25, -0.2) is 8.42 Å². The summed E-state index contributed by atoms with van der Waals surface area (Å²) >= 11 is 0. The summed E-state index contributed by atoms with van der Waals surface area (Å²) in [6, 6.07) is 32.9. The normalized spacial score (nSPS) is 14.2. The Morgan fingerprint density at radius 1 is 0.806 bits per heavy atom. The number of hydrogen-bond acceptors (Lipinski definition) is 4. The molecule has 0 unspecified atom stereocenters. The van der Waals surface area contributed by atoms with E-state index in [1.54, 1.807) is 48.5 Å². The fourth-order valence-electron chi connectivity index (χ4n) is 4.16. The number of nitrogens with one attached hydrogen (secondary N) is 1. The topological polar surface area (TPSA) is 75.7 Å². The molecular weight excluding hydrogens is 472 g/mol. The number of para-hydroxylation sites is 1. The summed E-state index contributed by atoms with van der Waals surface area (Å²) in [7, 11) is -2.64. The van der Waals surface area contributed by atoms with E-state index in [1.807, 2.05) is 60.7 Å². The SMILES string of the molecule is CN1c2ccccc2C(c2ccccc2)=C(C(=O)Nc2ccc(OCc3ccccc3)cc2)S1(=O)=O. The molecule has 0 atom stereocenters. The molecule has 6 nitrogen and oxygen atoms in total. The molecule has 4 aromatic rings. The van der Waals surface area contributed by atoms with Crippen molar-refractivity contribution in [3.63, 3.8) is 0 Å². The fraction of sp³-hybridized carbons (Fsp3) is 0.0690. The highest BCUT2D eigenvalue weighted by Crippen LogP contribution is 2.42. The summed E-state index contributed by atoms with van der Waals surface area (Å²) in [4.78, 5) is 13.2. The van der Waals surface area contributed by atoms with Gasteiger partial charge in [0, 0.05) is 23.9 Å². The van der Waals surface area contributed by atoms with Gasteiger partial charge in [-0.15, -0.1) is 0 Å². The van der Waals surface area contributed by atoms with E-state index >= 15 is 0 Å². The van der Waals surface area contributed by atoms with Crippen LogP contribution in [0.15, 0.2) is 114 Å². The van der Waals surface area contributed by atoms with Crippen LogP contribution in [0, 0.1) is 0 Å². The highest BCUT2D eigenvalue weighted by molar-refractivity contribution is 7.97. The Bertz CT molecular complexity index is 1530. The number of sulfonamides is 1. The molecule has 1 N–H and O–H groups in total. The Morgan fingerprint density at radius 2 is 1.42 bits per heavy atom. The number of rotatable bonds is 6. The molecule has 0 spiro atoms. The molecule has 0 aliphatic carbocycles. The first kappa shape index (κ1) is 23.4. The molecule has 0 bridgehead atoms. The molecule has 1 aliphatic rings. The zero-order chi connectivity index (χ0) is 25.1. The van der Waals surface area contributed by atoms with Gasteiger partial charge in [0.15, 0.2) is 4.91 Å². The van der Waals surface area contributed by atoms with Crippen LogP contribution in [0.1, 0.15) is 16.7 Å². The van der Waals surface area contributed by atoms with Gasteiger partial charge in [0.25, 0.3) is 15.9 Å². The predicted octanol–water partition coefficient (Wildman–Crippen LogP) is 5.44. The second kappa shape index (κ2) is 9.71. The van der Waals surface area contributed by atoms with Gasteiger partial charge in [-0.05, 0) is 41.5 Å². The average molecular weight is 497 g/mol. The van der Waals surface area contributed by atoms with Crippen LogP contribution in [0.4, 0.5) is 11.4 Å². The van der Waals surface area contributed by atoms with Crippen molar-refractivity contribution in [1.82, 2.24) is 0 Å². The van der Waals surface area contributed by atoms with Crippen molar-refractivity contribution in [3.05, 3.63) is 131 Å². The first-order valence-corrected chi connectivity index (χ1v) is 12.9. The van der Waals surface area contributed by atoms with Crippen molar-refractivity contribution in [2.75, 3.05) is 16.7 Å². The van der Waals surface area contributed by atoms with Crippen LogP contribution < -0.4 is 14.4 Å². The van der Waals surface area contributed by atoms with Crippen LogP contribution in [-0.2, 0) is 21.4 Å². The molecule has 4 aromatic carbocycles. The number of carbonyl (C=O) groups is 1. The Kier molecular flexibility index (Phi) is 6.31. The number of nitrogens with zero attached hydrogens (tertiary/aromatic N) is 1. The molecule has 5 rings (SSSR count). The van der Waals surface area contributed by atoms with Crippen LogP contribution in [0.3, 0.4) is 0 Å². The van der Waals surface area contributed by atoms with Crippen molar-refractivity contribution in [3.8, 4) is 5.75 Å². The minimum atomic E-state index is -4.10. The Labute approximate surface area is 210 Å². The number of fused-ring (bicyclic) bond motifs is 1. The molecular formula is C29H24N2O4S. The van der Waals surface area contributed by atoms with Gasteiger partial charge in [0.2, 0.25) is 0 Å². The average Bonchev–Trinajstić information content (AvgIpc) is 2.91. The molecule has 0 aromatic heterocycles. The van der Waals surface area contributed by atoms with Crippen LogP contribution in [0.25, 0.3) is 5.57 Å². The minimum Gasteiger partial charge on any atom is -0.489 e. The van der Waals surface area contributed by atoms with Crippen molar-refractivity contribution in [2.24, 2.45) is 0 Å². The van der Waals surface area contributed by atoms with E-state index in [9.17, 15) is 13.2 Å². The third kappa shape index (κ3) is 4.48. The molecule has 0 radical (unpaired) electrons. The lowest BCUT2D eigenvalue weighted by Crippen LogP contribution is -2.37. The van der Waals surface area contributed by atoms with Crippen LogP contribution in [-0.4, -0.2) is 21.4 Å². The fourth-order valence-corrected chi connectivity index (χ4v) is 5.63. The number of anilines is 2.